The third-order valence-electron chi connectivity index (χ3n) is 2.70. The Morgan fingerprint density at radius 2 is 2.14 bits per heavy atom. The molecule has 0 radical (unpaired) electrons. The molecule has 118 valence electrons. The minimum absolute atomic E-state index is 0.0468. The molecule has 0 aliphatic carbocycles. The van der Waals surface area contributed by atoms with Crippen molar-refractivity contribution in [1.29, 1.82) is 0 Å². The highest BCUT2D eigenvalue weighted by Gasteiger charge is 2.14. The first-order chi connectivity index (χ1) is 9.97. The first-order valence-corrected chi connectivity index (χ1v) is 7.11. The molecule has 2 N–H and O–H groups in total. The van der Waals surface area contributed by atoms with Crippen molar-refractivity contribution in [3.05, 3.63) is 24.0 Å². The molecule has 21 heavy (non-hydrogen) atoms. The zero-order valence-electron chi connectivity index (χ0n) is 12.7. The summed E-state index contributed by atoms with van der Waals surface area (Å²) >= 11 is 0. The lowest BCUT2D eigenvalue weighted by Gasteiger charge is -2.21. The van der Waals surface area contributed by atoms with Gasteiger partial charge in [-0.2, -0.15) is 0 Å². The number of nitrogens with one attached hydrogen (secondary N) is 1. The lowest BCUT2D eigenvalue weighted by Crippen LogP contribution is -2.37. The highest BCUT2D eigenvalue weighted by Crippen LogP contribution is 2.21. The topological polar surface area (TPSA) is 61.8 Å². The quantitative estimate of drug-likeness (QED) is 0.813. The number of amides is 2. The Morgan fingerprint density at radius 3 is 2.67 bits per heavy atom. The van der Waals surface area contributed by atoms with Crippen molar-refractivity contribution < 1.29 is 19.0 Å². The van der Waals surface area contributed by atoms with E-state index in [1.54, 1.807) is 6.07 Å². The average Bonchev–Trinajstić information content (AvgIpc) is 2.41. The number of anilines is 1. The fraction of sp³-hybridized carbons (Fsp3) is 0.533. The summed E-state index contributed by atoms with van der Waals surface area (Å²) in [5.74, 6) is -0.136. The van der Waals surface area contributed by atoms with E-state index < -0.39 is 11.8 Å². The van der Waals surface area contributed by atoms with Gasteiger partial charge in [0, 0.05) is 19.2 Å². The number of carbonyl (C=O) groups is 1. The van der Waals surface area contributed by atoms with Gasteiger partial charge in [0.25, 0.3) is 0 Å². The Balaban J connectivity index is 2.75. The van der Waals surface area contributed by atoms with Crippen LogP contribution in [0.1, 0.15) is 27.2 Å². The van der Waals surface area contributed by atoms with Gasteiger partial charge >= 0.3 is 6.03 Å². The van der Waals surface area contributed by atoms with Crippen molar-refractivity contribution in [1.82, 2.24) is 4.90 Å². The Hall–Kier alpha value is -1.82. The van der Waals surface area contributed by atoms with E-state index in [-0.39, 0.29) is 24.9 Å². The maximum absolute atomic E-state index is 13.9. The molecule has 0 fully saturated rings. The van der Waals surface area contributed by atoms with Crippen molar-refractivity contribution in [2.45, 2.75) is 33.3 Å². The van der Waals surface area contributed by atoms with E-state index in [0.717, 1.165) is 6.42 Å². The van der Waals surface area contributed by atoms with Crippen LogP contribution in [0, 0.1) is 5.82 Å². The van der Waals surface area contributed by atoms with Crippen molar-refractivity contribution in [3.8, 4) is 5.75 Å². The van der Waals surface area contributed by atoms with E-state index in [4.69, 9.17) is 9.84 Å². The molecular formula is C15H23FN2O3. The number of hydrogen-bond acceptors (Lipinski definition) is 3. The SMILES string of the molecule is CCCN(CCO)C(=O)Nc1ccc(OC(C)C)cc1F. The van der Waals surface area contributed by atoms with Gasteiger partial charge in [0.15, 0.2) is 0 Å². The van der Waals surface area contributed by atoms with Crippen LogP contribution in [-0.2, 0) is 0 Å². The molecular weight excluding hydrogens is 275 g/mol. The summed E-state index contributed by atoms with van der Waals surface area (Å²) < 4.78 is 19.3. The second-order valence-corrected chi connectivity index (χ2v) is 4.95. The summed E-state index contributed by atoms with van der Waals surface area (Å²) in [4.78, 5) is 13.5. The van der Waals surface area contributed by atoms with Crippen LogP contribution in [0.3, 0.4) is 0 Å². The highest BCUT2D eigenvalue weighted by atomic mass is 19.1. The number of ether oxygens (including phenoxy) is 1. The van der Waals surface area contributed by atoms with Crippen LogP contribution in [0.25, 0.3) is 0 Å². The predicted molar refractivity (Wildman–Crippen MR) is 80.1 cm³/mol. The van der Waals surface area contributed by atoms with Crippen molar-refractivity contribution in [3.63, 3.8) is 0 Å². The Bertz CT molecular complexity index is 460. The fourth-order valence-corrected chi connectivity index (χ4v) is 1.84. The molecule has 1 rings (SSSR count). The third-order valence-corrected chi connectivity index (χ3v) is 2.70. The summed E-state index contributed by atoms with van der Waals surface area (Å²) in [6, 6.07) is 3.89. The summed E-state index contributed by atoms with van der Waals surface area (Å²) in [5.41, 5.74) is 0.0927. The number of urea groups is 1. The van der Waals surface area contributed by atoms with Gasteiger partial charge in [-0.05, 0) is 32.4 Å². The number of aliphatic hydroxyl groups excluding tert-OH is 1. The van der Waals surface area contributed by atoms with Gasteiger partial charge in [-0.1, -0.05) is 6.92 Å². The Labute approximate surface area is 124 Å². The van der Waals surface area contributed by atoms with Crippen LogP contribution in [0.15, 0.2) is 18.2 Å². The fourth-order valence-electron chi connectivity index (χ4n) is 1.84. The van der Waals surface area contributed by atoms with Crippen molar-refractivity contribution in [2.24, 2.45) is 0 Å². The minimum Gasteiger partial charge on any atom is -0.491 e. The first-order valence-electron chi connectivity index (χ1n) is 7.11. The summed E-state index contributed by atoms with van der Waals surface area (Å²) in [5, 5.41) is 11.4. The van der Waals surface area contributed by atoms with Gasteiger partial charge in [-0.15, -0.1) is 0 Å². The molecule has 5 nitrogen and oxygen atoms in total. The number of nitrogens with zero attached hydrogens (tertiary/aromatic N) is 1. The normalized spacial score (nSPS) is 10.6. The molecule has 0 bridgehead atoms. The van der Waals surface area contributed by atoms with Gasteiger partial charge in [0.2, 0.25) is 0 Å². The molecule has 1 aromatic rings. The second-order valence-electron chi connectivity index (χ2n) is 4.95. The largest absolute Gasteiger partial charge is 0.491 e. The van der Waals surface area contributed by atoms with Crippen LogP contribution < -0.4 is 10.1 Å². The monoisotopic (exact) mass is 298 g/mol. The molecule has 0 atom stereocenters. The number of rotatable bonds is 7. The van der Waals surface area contributed by atoms with Gasteiger partial charge in [0.1, 0.15) is 11.6 Å². The first kappa shape index (κ1) is 17.2. The number of carbonyl (C=O) groups excluding carboxylic acids is 1. The van der Waals surface area contributed by atoms with Crippen molar-refractivity contribution in [2.75, 3.05) is 25.0 Å². The summed E-state index contributed by atoms with van der Waals surface area (Å²) in [6.07, 6.45) is 0.714. The maximum atomic E-state index is 13.9. The second kappa shape index (κ2) is 8.46. The third kappa shape index (κ3) is 5.59. The smallest absolute Gasteiger partial charge is 0.322 e. The van der Waals surface area contributed by atoms with Crippen LogP contribution in [0.5, 0.6) is 5.75 Å². The lowest BCUT2D eigenvalue weighted by molar-refractivity contribution is 0.188. The number of hydrogen-bond donors (Lipinski definition) is 2. The molecule has 2 amide bonds. The molecule has 0 aromatic heterocycles. The molecule has 1 aromatic carbocycles. The maximum Gasteiger partial charge on any atom is 0.322 e. The van der Waals surface area contributed by atoms with Gasteiger partial charge in [-0.25, -0.2) is 9.18 Å². The molecule has 0 saturated carbocycles. The summed E-state index contributed by atoms with van der Waals surface area (Å²) in [6.45, 7) is 6.22. The molecule has 0 aliphatic rings. The molecule has 0 spiro atoms. The van der Waals surface area contributed by atoms with Crippen LogP contribution in [0.2, 0.25) is 0 Å². The van der Waals surface area contributed by atoms with E-state index in [0.29, 0.717) is 12.3 Å². The van der Waals surface area contributed by atoms with E-state index in [1.165, 1.54) is 17.0 Å². The van der Waals surface area contributed by atoms with Gasteiger partial charge in [0.05, 0.1) is 18.4 Å². The minimum atomic E-state index is -0.554. The van der Waals surface area contributed by atoms with Crippen LogP contribution in [0.4, 0.5) is 14.9 Å². The number of halogens is 1. The van der Waals surface area contributed by atoms with E-state index in [1.807, 2.05) is 20.8 Å². The average molecular weight is 298 g/mol. The van der Waals surface area contributed by atoms with E-state index in [9.17, 15) is 9.18 Å². The molecule has 0 unspecified atom stereocenters. The van der Waals surface area contributed by atoms with Gasteiger partial charge in [-0.3, -0.25) is 0 Å². The van der Waals surface area contributed by atoms with Crippen molar-refractivity contribution >= 4 is 11.7 Å². The molecule has 0 heterocycles. The standard InChI is InChI=1S/C15H23FN2O3/c1-4-7-18(8-9-19)15(20)17-14-6-5-12(10-13(14)16)21-11(2)3/h5-6,10-11,19H,4,7-9H2,1-3H3,(H,17,20). The predicted octanol–water partition coefficient (Wildman–Crippen LogP) is 2.85. The lowest BCUT2D eigenvalue weighted by atomic mass is 10.3. The Morgan fingerprint density at radius 1 is 1.43 bits per heavy atom. The molecule has 0 aliphatic heterocycles. The van der Waals surface area contributed by atoms with E-state index >= 15 is 0 Å². The van der Waals surface area contributed by atoms with E-state index in [2.05, 4.69) is 5.32 Å². The summed E-state index contributed by atoms with van der Waals surface area (Å²) in [7, 11) is 0. The van der Waals surface area contributed by atoms with Crippen LogP contribution >= 0.6 is 0 Å². The molecule has 6 heteroatoms. The van der Waals surface area contributed by atoms with Gasteiger partial charge < -0.3 is 20.1 Å². The van der Waals surface area contributed by atoms with Crippen LogP contribution in [-0.4, -0.2) is 41.8 Å². The zero-order valence-corrected chi connectivity index (χ0v) is 12.7. The molecule has 0 saturated heterocycles. The Kier molecular flexibility index (Phi) is 6.94. The number of aliphatic hydroxyl groups is 1. The zero-order chi connectivity index (χ0) is 15.8. The highest BCUT2D eigenvalue weighted by molar-refractivity contribution is 5.89. The number of benzene rings is 1.